The Morgan fingerprint density at radius 2 is 1.79 bits per heavy atom. The SMILES string of the molecule is COc1ccc(OCc2nnc(SCC(=O)N3CCN(c4cccc(Cl)c4)CC3)n2C)cc1. The molecule has 0 saturated carbocycles. The summed E-state index contributed by atoms with van der Waals surface area (Å²) in [5.41, 5.74) is 1.09. The Morgan fingerprint density at radius 3 is 2.48 bits per heavy atom. The first kappa shape index (κ1) is 23.3. The summed E-state index contributed by atoms with van der Waals surface area (Å²) >= 11 is 7.49. The van der Waals surface area contributed by atoms with Gasteiger partial charge in [0, 0.05) is 43.9 Å². The number of methoxy groups -OCH3 is 1. The Hall–Kier alpha value is -2.91. The third-order valence-corrected chi connectivity index (χ3v) is 6.72. The molecular weight excluding hydrogens is 462 g/mol. The monoisotopic (exact) mass is 487 g/mol. The molecular formula is C23H26ClN5O3S. The molecule has 0 aliphatic carbocycles. The maximum absolute atomic E-state index is 12.7. The standard InChI is InChI=1S/C23H26ClN5O3S/c1-27-21(15-32-20-8-6-19(31-2)7-9-20)25-26-23(27)33-16-22(30)29-12-10-28(11-13-29)18-5-3-4-17(24)14-18/h3-9,14H,10-13,15-16H2,1-2H3. The molecule has 4 rings (SSSR count). The number of anilines is 1. The molecule has 1 aliphatic heterocycles. The second kappa shape index (κ2) is 10.8. The smallest absolute Gasteiger partial charge is 0.233 e. The summed E-state index contributed by atoms with van der Waals surface area (Å²) in [5, 5.41) is 9.83. The van der Waals surface area contributed by atoms with E-state index in [4.69, 9.17) is 21.1 Å². The van der Waals surface area contributed by atoms with Gasteiger partial charge in [0.2, 0.25) is 5.91 Å². The van der Waals surface area contributed by atoms with Gasteiger partial charge in [-0.1, -0.05) is 29.4 Å². The van der Waals surface area contributed by atoms with Crippen LogP contribution in [0.15, 0.2) is 53.7 Å². The second-order valence-electron chi connectivity index (χ2n) is 7.56. The van der Waals surface area contributed by atoms with Crippen LogP contribution in [0.2, 0.25) is 5.02 Å². The minimum absolute atomic E-state index is 0.102. The number of halogens is 1. The van der Waals surface area contributed by atoms with Crippen LogP contribution in [-0.2, 0) is 18.4 Å². The number of ether oxygens (including phenoxy) is 2. The quantitative estimate of drug-likeness (QED) is 0.450. The van der Waals surface area contributed by atoms with Crippen LogP contribution in [0.25, 0.3) is 0 Å². The van der Waals surface area contributed by atoms with Crippen molar-refractivity contribution in [3.05, 3.63) is 59.4 Å². The second-order valence-corrected chi connectivity index (χ2v) is 8.94. The number of hydrogen-bond acceptors (Lipinski definition) is 7. The molecule has 1 amide bonds. The van der Waals surface area contributed by atoms with Crippen molar-refractivity contribution < 1.29 is 14.3 Å². The zero-order valence-corrected chi connectivity index (χ0v) is 20.2. The predicted octanol–water partition coefficient (Wildman–Crippen LogP) is 3.50. The van der Waals surface area contributed by atoms with Crippen molar-refractivity contribution in [1.82, 2.24) is 19.7 Å². The first-order valence-corrected chi connectivity index (χ1v) is 12.0. The van der Waals surface area contributed by atoms with E-state index in [1.165, 1.54) is 11.8 Å². The van der Waals surface area contributed by atoms with Crippen LogP contribution in [0.3, 0.4) is 0 Å². The van der Waals surface area contributed by atoms with E-state index in [-0.39, 0.29) is 12.5 Å². The number of thioether (sulfide) groups is 1. The maximum Gasteiger partial charge on any atom is 0.233 e. The van der Waals surface area contributed by atoms with Gasteiger partial charge in [-0.25, -0.2) is 0 Å². The number of amides is 1. The molecule has 0 bridgehead atoms. The molecule has 0 radical (unpaired) electrons. The van der Waals surface area contributed by atoms with Crippen molar-refractivity contribution in [2.24, 2.45) is 7.05 Å². The predicted molar refractivity (Wildman–Crippen MR) is 129 cm³/mol. The highest BCUT2D eigenvalue weighted by atomic mass is 35.5. The Morgan fingerprint density at radius 1 is 1.06 bits per heavy atom. The van der Waals surface area contributed by atoms with E-state index in [0.29, 0.717) is 29.8 Å². The van der Waals surface area contributed by atoms with E-state index in [0.717, 1.165) is 35.3 Å². The lowest BCUT2D eigenvalue weighted by atomic mass is 10.2. The normalized spacial score (nSPS) is 13.8. The van der Waals surface area contributed by atoms with Gasteiger partial charge in [0.15, 0.2) is 11.0 Å². The van der Waals surface area contributed by atoms with Crippen LogP contribution >= 0.6 is 23.4 Å². The van der Waals surface area contributed by atoms with Crippen molar-refractivity contribution in [1.29, 1.82) is 0 Å². The molecule has 0 unspecified atom stereocenters. The lowest BCUT2D eigenvalue weighted by Crippen LogP contribution is -2.49. The molecule has 0 spiro atoms. The van der Waals surface area contributed by atoms with Gasteiger partial charge in [0.05, 0.1) is 12.9 Å². The van der Waals surface area contributed by atoms with E-state index in [9.17, 15) is 4.79 Å². The molecule has 174 valence electrons. The van der Waals surface area contributed by atoms with Crippen molar-refractivity contribution >= 4 is 35.0 Å². The average molecular weight is 488 g/mol. The maximum atomic E-state index is 12.7. The van der Waals surface area contributed by atoms with Crippen molar-refractivity contribution in [2.75, 3.05) is 43.9 Å². The van der Waals surface area contributed by atoms with Crippen LogP contribution in [0, 0.1) is 0 Å². The lowest BCUT2D eigenvalue weighted by Gasteiger charge is -2.36. The molecule has 2 aromatic carbocycles. The molecule has 1 saturated heterocycles. The van der Waals surface area contributed by atoms with E-state index in [2.05, 4.69) is 15.1 Å². The molecule has 1 aliphatic rings. The number of piperazine rings is 1. The van der Waals surface area contributed by atoms with Crippen LogP contribution in [0.5, 0.6) is 11.5 Å². The number of nitrogens with zero attached hydrogens (tertiary/aromatic N) is 5. The van der Waals surface area contributed by atoms with Crippen molar-refractivity contribution in [3.8, 4) is 11.5 Å². The number of rotatable bonds is 8. The first-order valence-electron chi connectivity index (χ1n) is 10.6. The zero-order chi connectivity index (χ0) is 23.2. The molecule has 33 heavy (non-hydrogen) atoms. The Kier molecular flexibility index (Phi) is 7.61. The highest BCUT2D eigenvalue weighted by Gasteiger charge is 2.22. The summed E-state index contributed by atoms with van der Waals surface area (Å²) in [6, 6.07) is 15.2. The molecule has 0 N–H and O–H groups in total. The van der Waals surface area contributed by atoms with Crippen LogP contribution in [0.1, 0.15) is 5.82 Å². The van der Waals surface area contributed by atoms with Crippen molar-refractivity contribution in [2.45, 2.75) is 11.8 Å². The number of carbonyl (C=O) groups excluding carboxylic acids is 1. The van der Waals surface area contributed by atoms with Gasteiger partial charge in [-0.15, -0.1) is 10.2 Å². The minimum atomic E-state index is 0.102. The zero-order valence-electron chi connectivity index (χ0n) is 18.6. The molecule has 1 aromatic heterocycles. The van der Waals surface area contributed by atoms with Gasteiger partial charge in [0.1, 0.15) is 18.1 Å². The number of benzene rings is 2. The highest BCUT2D eigenvalue weighted by Crippen LogP contribution is 2.22. The third kappa shape index (κ3) is 5.91. The summed E-state index contributed by atoms with van der Waals surface area (Å²) in [6.07, 6.45) is 0. The van der Waals surface area contributed by atoms with Gasteiger partial charge in [-0.05, 0) is 42.5 Å². The fourth-order valence-electron chi connectivity index (χ4n) is 3.52. The Bertz CT molecular complexity index is 1080. The van der Waals surface area contributed by atoms with Gasteiger partial charge < -0.3 is 23.8 Å². The number of carbonyl (C=O) groups is 1. The van der Waals surface area contributed by atoms with Crippen LogP contribution in [0.4, 0.5) is 5.69 Å². The van der Waals surface area contributed by atoms with Gasteiger partial charge >= 0.3 is 0 Å². The Labute approximate surface area is 202 Å². The van der Waals surface area contributed by atoms with Gasteiger partial charge in [-0.2, -0.15) is 0 Å². The summed E-state index contributed by atoms with van der Waals surface area (Å²) < 4.78 is 12.8. The minimum Gasteiger partial charge on any atom is -0.497 e. The third-order valence-electron chi connectivity index (χ3n) is 5.48. The number of aromatic nitrogens is 3. The van der Waals surface area contributed by atoms with E-state index >= 15 is 0 Å². The summed E-state index contributed by atoms with van der Waals surface area (Å²) in [5.74, 6) is 2.61. The van der Waals surface area contributed by atoms with E-state index < -0.39 is 0 Å². The molecule has 8 nitrogen and oxygen atoms in total. The van der Waals surface area contributed by atoms with Gasteiger partial charge in [0.25, 0.3) is 0 Å². The lowest BCUT2D eigenvalue weighted by molar-refractivity contribution is -0.128. The van der Waals surface area contributed by atoms with E-state index in [1.807, 2.05) is 65.0 Å². The summed E-state index contributed by atoms with van der Waals surface area (Å²) in [7, 11) is 3.50. The largest absolute Gasteiger partial charge is 0.497 e. The number of hydrogen-bond donors (Lipinski definition) is 0. The first-order chi connectivity index (χ1) is 16.0. The molecule has 2 heterocycles. The molecule has 1 fully saturated rings. The fourth-order valence-corrected chi connectivity index (χ4v) is 4.54. The molecule has 0 atom stereocenters. The van der Waals surface area contributed by atoms with Gasteiger partial charge in [-0.3, -0.25) is 4.79 Å². The molecule has 10 heteroatoms. The van der Waals surface area contributed by atoms with Crippen LogP contribution < -0.4 is 14.4 Å². The molecule has 3 aromatic rings. The highest BCUT2D eigenvalue weighted by molar-refractivity contribution is 7.99. The fraction of sp³-hybridized carbons (Fsp3) is 0.348. The summed E-state index contributed by atoms with van der Waals surface area (Å²) in [6.45, 7) is 3.23. The topological polar surface area (TPSA) is 72.7 Å². The van der Waals surface area contributed by atoms with Crippen molar-refractivity contribution in [3.63, 3.8) is 0 Å². The average Bonchev–Trinajstić information content (AvgIpc) is 3.20. The van der Waals surface area contributed by atoms with Crippen LogP contribution in [-0.4, -0.2) is 64.6 Å². The van der Waals surface area contributed by atoms with E-state index in [1.54, 1.807) is 7.11 Å². The Balaban J connectivity index is 1.24. The summed E-state index contributed by atoms with van der Waals surface area (Å²) in [4.78, 5) is 16.9.